The van der Waals surface area contributed by atoms with Crippen LogP contribution in [-0.4, -0.2) is 14.4 Å². The van der Waals surface area contributed by atoms with E-state index in [0.717, 1.165) is 0 Å². The first kappa shape index (κ1) is 17.9. The monoisotopic (exact) mass is 270 g/mol. The molecule has 0 saturated carbocycles. The smallest absolute Gasteiger partial charge is 0.184 e. The summed E-state index contributed by atoms with van der Waals surface area (Å²) in [6, 6.07) is 0. The number of allylic oxidation sites excluding steroid dienone is 1. The van der Waals surface area contributed by atoms with Crippen LogP contribution in [0.5, 0.6) is 0 Å². The van der Waals surface area contributed by atoms with Crippen molar-refractivity contribution in [2.24, 2.45) is 0 Å². The first-order chi connectivity index (χ1) is 8.45. The molecule has 0 aliphatic carbocycles. The molecule has 108 valence electrons. The largest absolute Gasteiger partial charge is 0.412 e. The van der Waals surface area contributed by atoms with Gasteiger partial charge < -0.3 is 4.43 Å². The van der Waals surface area contributed by atoms with Crippen molar-refractivity contribution in [2.75, 3.05) is 0 Å². The van der Waals surface area contributed by atoms with Crippen LogP contribution in [-0.2, 0) is 4.43 Å². The highest BCUT2D eigenvalue weighted by atomic mass is 28.4. The van der Waals surface area contributed by atoms with Gasteiger partial charge >= 0.3 is 0 Å². The van der Waals surface area contributed by atoms with Gasteiger partial charge in [0.25, 0.3) is 0 Å². The Morgan fingerprint density at radius 3 is 2.06 bits per heavy atom. The predicted molar refractivity (Wildman–Crippen MR) is 85.6 cm³/mol. The maximum absolute atomic E-state index is 5.96. The summed E-state index contributed by atoms with van der Waals surface area (Å²) in [5, 5.41) is 0. The highest BCUT2D eigenvalue weighted by Crippen LogP contribution is 2.10. The van der Waals surface area contributed by atoms with Gasteiger partial charge in [-0.05, 0) is 39.4 Å². The number of hydrogen-bond donors (Lipinski definition) is 0. The zero-order valence-corrected chi connectivity index (χ0v) is 14.3. The van der Waals surface area contributed by atoms with Crippen LogP contribution >= 0.6 is 0 Å². The van der Waals surface area contributed by atoms with E-state index >= 15 is 0 Å². The zero-order valence-electron chi connectivity index (χ0n) is 13.3. The molecule has 1 atom stereocenters. The van der Waals surface area contributed by atoms with E-state index < -0.39 is 8.32 Å². The molecule has 0 fully saturated rings. The first-order valence-electron chi connectivity index (χ1n) is 7.80. The molecule has 2 heteroatoms. The molecular formula is C16H34OSi. The molecule has 0 rings (SSSR count). The minimum absolute atomic E-state index is 0.293. The van der Waals surface area contributed by atoms with Gasteiger partial charge in [-0.1, -0.05) is 57.6 Å². The molecule has 0 aromatic rings. The lowest BCUT2D eigenvalue weighted by Crippen LogP contribution is -2.29. The van der Waals surface area contributed by atoms with Crippen molar-refractivity contribution in [3.63, 3.8) is 0 Å². The fraction of sp³-hybridized carbons (Fsp3) is 0.875. The predicted octanol–water partition coefficient (Wildman–Crippen LogP) is 5.92. The Bertz CT molecular complexity index is 206. The summed E-state index contributed by atoms with van der Waals surface area (Å²) in [4.78, 5) is 0. The summed E-state index contributed by atoms with van der Waals surface area (Å²) >= 11 is 0. The highest BCUT2D eigenvalue weighted by molar-refractivity contribution is 6.69. The van der Waals surface area contributed by atoms with Crippen LogP contribution < -0.4 is 0 Å². The van der Waals surface area contributed by atoms with Gasteiger partial charge in [0.1, 0.15) is 0 Å². The summed E-state index contributed by atoms with van der Waals surface area (Å²) in [7, 11) is -1.37. The molecule has 0 N–H and O–H groups in total. The van der Waals surface area contributed by atoms with Crippen molar-refractivity contribution >= 4 is 8.32 Å². The summed E-state index contributed by atoms with van der Waals surface area (Å²) in [5.74, 6) is 0. The molecule has 0 spiro atoms. The van der Waals surface area contributed by atoms with E-state index in [1.807, 2.05) is 0 Å². The minimum atomic E-state index is -1.37. The van der Waals surface area contributed by atoms with Crippen LogP contribution in [0.2, 0.25) is 19.6 Å². The first-order valence-corrected chi connectivity index (χ1v) is 11.2. The van der Waals surface area contributed by atoms with E-state index in [9.17, 15) is 0 Å². The van der Waals surface area contributed by atoms with Crippen molar-refractivity contribution in [3.8, 4) is 0 Å². The van der Waals surface area contributed by atoms with E-state index in [2.05, 4.69) is 45.6 Å². The molecule has 0 radical (unpaired) electrons. The van der Waals surface area contributed by atoms with E-state index in [-0.39, 0.29) is 0 Å². The van der Waals surface area contributed by atoms with Crippen molar-refractivity contribution in [3.05, 3.63) is 12.2 Å². The van der Waals surface area contributed by atoms with Gasteiger partial charge in [0.2, 0.25) is 0 Å². The SMILES string of the molecule is CCCCCCCCCC=CC(C)O[Si](C)(C)C. The highest BCUT2D eigenvalue weighted by Gasteiger charge is 2.16. The number of unbranched alkanes of at least 4 members (excludes halogenated alkanes) is 7. The van der Waals surface area contributed by atoms with Gasteiger partial charge in [0.05, 0.1) is 6.10 Å². The zero-order chi connectivity index (χ0) is 13.9. The van der Waals surface area contributed by atoms with Crippen LogP contribution in [0, 0.1) is 0 Å². The van der Waals surface area contributed by atoms with Crippen LogP contribution in [0.15, 0.2) is 12.2 Å². The topological polar surface area (TPSA) is 9.23 Å². The molecule has 0 heterocycles. The molecule has 0 amide bonds. The molecule has 0 aromatic carbocycles. The quantitative estimate of drug-likeness (QED) is 0.257. The molecule has 1 nitrogen and oxygen atoms in total. The molecule has 1 unspecified atom stereocenters. The summed E-state index contributed by atoms with van der Waals surface area (Å²) in [6.45, 7) is 11.2. The average molecular weight is 271 g/mol. The second-order valence-electron chi connectivity index (χ2n) is 6.27. The standard InChI is InChI=1S/C16H34OSi/c1-6-7-8-9-10-11-12-13-14-15-16(2)17-18(3,4)5/h14-16H,6-13H2,1-5H3. The molecular weight excluding hydrogens is 236 g/mol. The van der Waals surface area contributed by atoms with E-state index in [4.69, 9.17) is 4.43 Å². The normalized spacial score (nSPS) is 14.3. The van der Waals surface area contributed by atoms with Crippen LogP contribution in [0.3, 0.4) is 0 Å². The van der Waals surface area contributed by atoms with Crippen molar-refractivity contribution < 1.29 is 4.43 Å². The van der Waals surface area contributed by atoms with Gasteiger partial charge in [-0.2, -0.15) is 0 Å². The summed E-state index contributed by atoms with van der Waals surface area (Å²) < 4.78 is 5.96. The third-order valence-electron chi connectivity index (χ3n) is 2.92. The second kappa shape index (κ2) is 10.8. The molecule has 0 aliphatic heterocycles. The number of rotatable bonds is 11. The van der Waals surface area contributed by atoms with Gasteiger partial charge in [0.15, 0.2) is 8.32 Å². The molecule has 18 heavy (non-hydrogen) atoms. The molecule has 0 aliphatic rings. The van der Waals surface area contributed by atoms with Gasteiger partial charge in [-0.15, -0.1) is 0 Å². The Balaban J connectivity index is 3.37. The van der Waals surface area contributed by atoms with Crippen LogP contribution in [0.4, 0.5) is 0 Å². The van der Waals surface area contributed by atoms with Gasteiger partial charge in [-0.25, -0.2) is 0 Å². The average Bonchev–Trinajstić information content (AvgIpc) is 2.24. The maximum Gasteiger partial charge on any atom is 0.184 e. The van der Waals surface area contributed by atoms with Crippen molar-refractivity contribution in [2.45, 2.75) is 91.0 Å². The van der Waals surface area contributed by atoms with E-state index in [0.29, 0.717) is 6.10 Å². The summed E-state index contributed by atoms with van der Waals surface area (Å²) in [6.07, 6.45) is 15.8. The maximum atomic E-state index is 5.96. The fourth-order valence-electron chi connectivity index (χ4n) is 2.10. The Hall–Kier alpha value is -0.0831. The Labute approximate surface area is 116 Å². The fourth-order valence-corrected chi connectivity index (χ4v) is 3.30. The van der Waals surface area contributed by atoms with E-state index in [1.54, 1.807) is 0 Å². The number of hydrogen-bond acceptors (Lipinski definition) is 1. The second-order valence-corrected chi connectivity index (χ2v) is 10.7. The lowest BCUT2D eigenvalue weighted by Gasteiger charge is -2.21. The Morgan fingerprint density at radius 2 is 1.50 bits per heavy atom. The van der Waals surface area contributed by atoms with Crippen molar-refractivity contribution in [1.82, 2.24) is 0 Å². The third kappa shape index (κ3) is 14.0. The molecule has 0 bridgehead atoms. The molecule has 0 saturated heterocycles. The summed E-state index contributed by atoms with van der Waals surface area (Å²) in [5.41, 5.74) is 0. The lowest BCUT2D eigenvalue weighted by atomic mass is 10.1. The van der Waals surface area contributed by atoms with Crippen LogP contribution in [0.25, 0.3) is 0 Å². The van der Waals surface area contributed by atoms with Crippen LogP contribution in [0.1, 0.15) is 65.2 Å². The lowest BCUT2D eigenvalue weighted by molar-refractivity contribution is 0.262. The minimum Gasteiger partial charge on any atom is -0.412 e. The Kier molecular flexibility index (Phi) is 10.8. The van der Waals surface area contributed by atoms with E-state index in [1.165, 1.54) is 51.4 Å². The Morgan fingerprint density at radius 1 is 0.944 bits per heavy atom. The van der Waals surface area contributed by atoms with Gasteiger partial charge in [-0.3, -0.25) is 0 Å². The van der Waals surface area contributed by atoms with Crippen molar-refractivity contribution in [1.29, 1.82) is 0 Å². The van der Waals surface area contributed by atoms with Gasteiger partial charge in [0, 0.05) is 0 Å². The third-order valence-corrected chi connectivity index (χ3v) is 4.00. The molecule has 0 aromatic heterocycles.